The van der Waals surface area contributed by atoms with Crippen molar-refractivity contribution in [3.8, 4) is 22.5 Å². The Morgan fingerprint density at radius 1 is 0.667 bits per heavy atom. The first-order valence-electron chi connectivity index (χ1n) is 6.99. The molecule has 0 unspecified atom stereocenters. The van der Waals surface area contributed by atoms with Gasteiger partial charge in [-0.1, -0.05) is 60.7 Å². The normalized spacial score (nSPS) is 10.9. The van der Waals surface area contributed by atoms with E-state index in [0.717, 1.165) is 11.4 Å². The number of hydrogen-bond donors (Lipinski definition) is 1. The van der Waals surface area contributed by atoms with Gasteiger partial charge in [0.1, 0.15) is 5.82 Å². The van der Waals surface area contributed by atoms with Crippen molar-refractivity contribution in [2.24, 2.45) is 0 Å². The molecule has 0 amide bonds. The maximum atomic E-state index is 4.27. The largest absolute Gasteiger partial charge is 0.345 e. The molecule has 100 valence electrons. The van der Waals surface area contributed by atoms with Gasteiger partial charge in [-0.2, -0.15) is 0 Å². The zero-order valence-electron chi connectivity index (χ0n) is 11.5. The molecule has 0 fully saturated rings. The number of aromatic nitrogens is 2. The van der Waals surface area contributed by atoms with E-state index in [0.29, 0.717) is 0 Å². The molecule has 0 aliphatic heterocycles. The Hall–Kier alpha value is -2.87. The summed E-state index contributed by atoms with van der Waals surface area (Å²) in [5.74, 6) is 0.903. The van der Waals surface area contributed by atoms with Crippen LogP contribution in [0.3, 0.4) is 0 Å². The van der Waals surface area contributed by atoms with E-state index in [1.807, 2.05) is 6.20 Å². The van der Waals surface area contributed by atoms with Gasteiger partial charge in [-0.3, -0.25) is 0 Å². The predicted octanol–water partition coefficient (Wildman–Crippen LogP) is 4.90. The van der Waals surface area contributed by atoms with Crippen LogP contribution < -0.4 is 0 Å². The van der Waals surface area contributed by atoms with E-state index >= 15 is 0 Å². The Morgan fingerprint density at radius 3 is 2.14 bits per heavy atom. The van der Waals surface area contributed by atoms with Crippen molar-refractivity contribution in [3.63, 3.8) is 0 Å². The highest BCUT2D eigenvalue weighted by Gasteiger charge is 2.02. The summed E-state index contributed by atoms with van der Waals surface area (Å²) in [7, 11) is 0. The number of imidazole rings is 1. The van der Waals surface area contributed by atoms with Crippen LogP contribution >= 0.6 is 0 Å². The van der Waals surface area contributed by atoms with E-state index < -0.39 is 0 Å². The quantitative estimate of drug-likeness (QED) is 0.551. The molecule has 21 heavy (non-hydrogen) atoms. The second-order valence-electron chi connectivity index (χ2n) is 5.08. The topological polar surface area (TPSA) is 28.7 Å². The Bertz CT molecular complexity index is 875. The summed E-state index contributed by atoms with van der Waals surface area (Å²) in [4.78, 5) is 7.40. The van der Waals surface area contributed by atoms with Crippen LogP contribution in [0, 0.1) is 0 Å². The van der Waals surface area contributed by atoms with E-state index in [2.05, 4.69) is 76.7 Å². The summed E-state index contributed by atoms with van der Waals surface area (Å²) < 4.78 is 0. The Morgan fingerprint density at radius 2 is 1.38 bits per heavy atom. The van der Waals surface area contributed by atoms with E-state index in [4.69, 9.17) is 0 Å². The first-order valence-corrected chi connectivity index (χ1v) is 6.99. The number of H-pyrrole nitrogens is 1. The summed E-state index contributed by atoms with van der Waals surface area (Å²) >= 11 is 0. The molecule has 0 aliphatic rings. The maximum Gasteiger partial charge on any atom is 0.137 e. The standard InChI is InChI=1S/C19H14N2/c1-2-4-17-13-18(10-7-14(17)3-1)15-5-8-16(9-6-15)19-20-11-12-21-19/h1-13H,(H,20,21). The molecule has 0 aliphatic carbocycles. The SMILES string of the molecule is c1ccc2cc(-c3ccc(-c4ncc[nH]4)cc3)ccc2c1. The highest BCUT2D eigenvalue weighted by molar-refractivity contribution is 5.87. The van der Waals surface area contributed by atoms with Crippen LogP contribution in [0.5, 0.6) is 0 Å². The fourth-order valence-electron chi connectivity index (χ4n) is 2.61. The lowest BCUT2D eigenvalue weighted by Crippen LogP contribution is -1.82. The molecule has 1 heterocycles. The van der Waals surface area contributed by atoms with E-state index in [1.165, 1.54) is 21.9 Å². The lowest BCUT2D eigenvalue weighted by Gasteiger charge is -2.05. The predicted molar refractivity (Wildman–Crippen MR) is 87.0 cm³/mol. The molecule has 0 bridgehead atoms. The molecule has 1 N–H and O–H groups in total. The van der Waals surface area contributed by atoms with Gasteiger partial charge in [0.2, 0.25) is 0 Å². The number of rotatable bonds is 2. The Balaban J connectivity index is 1.74. The van der Waals surface area contributed by atoms with Crippen molar-refractivity contribution < 1.29 is 0 Å². The van der Waals surface area contributed by atoms with Crippen LogP contribution in [-0.2, 0) is 0 Å². The highest BCUT2D eigenvalue weighted by Crippen LogP contribution is 2.26. The van der Waals surface area contributed by atoms with Gasteiger partial charge in [-0.05, 0) is 28.0 Å². The first-order chi connectivity index (χ1) is 10.4. The summed E-state index contributed by atoms with van der Waals surface area (Å²) in [6.45, 7) is 0. The number of hydrogen-bond acceptors (Lipinski definition) is 1. The molecule has 1 aromatic heterocycles. The van der Waals surface area contributed by atoms with Gasteiger partial charge in [0, 0.05) is 18.0 Å². The van der Waals surface area contributed by atoms with Gasteiger partial charge in [-0.15, -0.1) is 0 Å². The molecule has 3 aromatic carbocycles. The zero-order chi connectivity index (χ0) is 14.1. The highest BCUT2D eigenvalue weighted by atomic mass is 14.9. The second-order valence-corrected chi connectivity index (χ2v) is 5.08. The Labute approximate surface area is 123 Å². The minimum Gasteiger partial charge on any atom is -0.345 e. The minimum absolute atomic E-state index is 0.903. The number of benzene rings is 3. The third kappa shape index (κ3) is 2.21. The average molecular weight is 270 g/mol. The van der Waals surface area contributed by atoms with Crippen LogP contribution in [0.1, 0.15) is 0 Å². The first kappa shape index (κ1) is 11.9. The van der Waals surface area contributed by atoms with E-state index in [9.17, 15) is 0 Å². The van der Waals surface area contributed by atoms with Crippen LogP contribution in [-0.4, -0.2) is 9.97 Å². The van der Waals surface area contributed by atoms with Crippen molar-refractivity contribution in [1.29, 1.82) is 0 Å². The van der Waals surface area contributed by atoms with Crippen molar-refractivity contribution in [2.75, 3.05) is 0 Å². The number of fused-ring (bicyclic) bond motifs is 1. The summed E-state index contributed by atoms with van der Waals surface area (Å²) in [5, 5.41) is 2.54. The number of nitrogens with one attached hydrogen (secondary N) is 1. The Kier molecular flexibility index (Phi) is 2.79. The van der Waals surface area contributed by atoms with Crippen molar-refractivity contribution in [3.05, 3.63) is 79.1 Å². The average Bonchev–Trinajstić information content (AvgIpc) is 3.09. The van der Waals surface area contributed by atoms with E-state index in [-0.39, 0.29) is 0 Å². The molecule has 0 spiro atoms. The van der Waals surface area contributed by atoms with Gasteiger partial charge in [0.15, 0.2) is 0 Å². The third-order valence-corrected chi connectivity index (χ3v) is 3.74. The van der Waals surface area contributed by atoms with E-state index in [1.54, 1.807) is 6.20 Å². The molecule has 0 radical (unpaired) electrons. The summed E-state index contributed by atoms with van der Waals surface area (Å²) in [6.07, 6.45) is 3.61. The molecule has 2 nitrogen and oxygen atoms in total. The van der Waals surface area contributed by atoms with Crippen LogP contribution in [0.15, 0.2) is 79.1 Å². The molecule has 4 aromatic rings. The third-order valence-electron chi connectivity index (χ3n) is 3.74. The van der Waals surface area contributed by atoms with Crippen LogP contribution in [0.4, 0.5) is 0 Å². The van der Waals surface area contributed by atoms with Crippen molar-refractivity contribution in [2.45, 2.75) is 0 Å². The molecular weight excluding hydrogens is 256 g/mol. The molecule has 0 atom stereocenters. The molecular formula is C19H14N2. The molecule has 0 saturated heterocycles. The van der Waals surface area contributed by atoms with Gasteiger partial charge in [-0.25, -0.2) is 4.98 Å². The van der Waals surface area contributed by atoms with Crippen molar-refractivity contribution in [1.82, 2.24) is 9.97 Å². The van der Waals surface area contributed by atoms with Gasteiger partial charge in [0.25, 0.3) is 0 Å². The minimum atomic E-state index is 0.903. The zero-order valence-corrected chi connectivity index (χ0v) is 11.5. The maximum absolute atomic E-state index is 4.27. The van der Waals surface area contributed by atoms with Crippen LogP contribution in [0.25, 0.3) is 33.3 Å². The number of nitrogens with zero attached hydrogens (tertiary/aromatic N) is 1. The van der Waals surface area contributed by atoms with Gasteiger partial charge < -0.3 is 4.98 Å². The monoisotopic (exact) mass is 270 g/mol. The summed E-state index contributed by atoms with van der Waals surface area (Å²) in [5.41, 5.74) is 3.56. The smallest absolute Gasteiger partial charge is 0.137 e. The molecule has 0 saturated carbocycles. The fraction of sp³-hybridized carbons (Fsp3) is 0. The van der Waals surface area contributed by atoms with Gasteiger partial charge >= 0.3 is 0 Å². The van der Waals surface area contributed by atoms with Gasteiger partial charge in [0.05, 0.1) is 0 Å². The van der Waals surface area contributed by atoms with Crippen molar-refractivity contribution >= 4 is 10.8 Å². The lowest BCUT2D eigenvalue weighted by atomic mass is 10.0. The lowest BCUT2D eigenvalue weighted by molar-refractivity contribution is 1.31. The fourth-order valence-corrected chi connectivity index (χ4v) is 2.61. The number of aromatic amines is 1. The molecule has 2 heteroatoms. The van der Waals surface area contributed by atoms with Crippen LogP contribution in [0.2, 0.25) is 0 Å². The second kappa shape index (κ2) is 4.91. The summed E-state index contributed by atoms with van der Waals surface area (Å²) in [6, 6.07) is 23.5. The molecule has 4 rings (SSSR count).